The number of benzene rings is 3. The average molecular weight is 460 g/mol. The van der Waals surface area contributed by atoms with Crippen molar-refractivity contribution in [1.82, 2.24) is 5.32 Å². The molecule has 0 saturated carbocycles. The highest BCUT2D eigenvalue weighted by Crippen LogP contribution is 2.30. The summed E-state index contributed by atoms with van der Waals surface area (Å²) in [6, 6.07) is 21.8. The van der Waals surface area contributed by atoms with Gasteiger partial charge in [-0.25, -0.2) is 4.99 Å². The molecule has 3 nitrogen and oxygen atoms in total. The first-order chi connectivity index (χ1) is 17.4. The van der Waals surface area contributed by atoms with Gasteiger partial charge in [0, 0.05) is 11.9 Å². The molecule has 7 rings (SSSR count). The lowest BCUT2D eigenvalue weighted by atomic mass is 9.79. The number of piperidine rings is 1. The third-order valence-electron chi connectivity index (χ3n) is 7.85. The van der Waals surface area contributed by atoms with E-state index in [4.69, 9.17) is 0 Å². The van der Waals surface area contributed by atoms with Crippen molar-refractivity contribution in [2.24, 2.45) is 10.9 Å². The summed E-state index contributed by atoms with van der Waals surface area (Å²) in [5.41, 5.74) is 7.31. The lowest BCUT2D eigenvalue weighted by Gasteiger charge is -2.29. The fourth-order valence-corrected chi connectivity index (χ4v) is 6.13. The summed E-state index contributed by atoms with van der Waals surface area (Å²) < 4.78 is 0. The fraction of sp³-hybridized carbons (Fsp3) is 0.281. The van der Waals surface area contributed by atoms with E-state index in [-0.39, 0.29) is 0 Å². The van der Waals surface area contributed by atoms with Crippen LogP contribution in [0.15, 0.2) is 71.9 Å². The lowest BCUT2D eigenvalue weighted by Crippen LogP contribution is -2.32. The molecule has 2 heterocycles. The molecule has 3 aromatic rings. The molecule has 0 spiro atoms. The maximum Gasteiger partial charge on any atom is 0.0923 e. The van der Waals surface area contributed by atoms with Gasteiger partial charge in [-0.05, 0) is 107 Å². The first-order valence-electron chi connectivity index (χ1n) is 13.1. The van der Waals surface area contributed by atoms with E-state index in [1.807, 2.05) is 30.3 Å². The van der Waals surface area contributed by atoms with Gasteiger partial charge in [-0.1, -0.05) is 66.2 Å². The van der Waals surface area contributed by atoms with Gasteiger partial charge in [-0.3, -0.25) is 0 Å². The van der Waals surface area contributed by atoms with E-state index in [1.54, 1.807) is 34.5 Å². The zero-order valence-corrected chi connectivity index (χ0v) is 20.3. The first-order valence-corrected chi connectivity index (χ1v) is 13.1. The van der Waals surface area contributed by atoms with Crippen LogP contribution in [0.4, 0.5) is 5.69 Å². The molecule has 2 aliphatic heterocycles. The van der Waals surface area contributed by atoms with Crippen molar-refractivity contribution in [2.75, 3.05) is 18.4 Å². The van der Waals surface area contributed by atoms with Gasteiger partial charge in [0.15, 0.2) is 0 Å². The second kappa shape index (κ2) is 10.1. The molecule has 0 amide bonds. The van der Waals surface area contributed by atoms with Crippen molar-refractivity contribution in [3.05, 3.63) is 104 Å². The SMILES string of the molecule is C1=Cc2ccccc2NC=N1.C1=c2ccccc2=c2ccc3c(c2C1)CCCC=3C1CCNCC1. The second-order valence-electron chi connectivity index (χ2n) is 9.84. The van der Waals surface area contributed by atoms with E-state index in [0.29, 0.717) is 0 Å². The van der Waals surface area contributed by atoms with E-state index in [2.05, 4.69) is 58.1 Å². The molecular formula is C32H33N3. The number of nitrogens with one attached hydrogen (secondary N) is 2. The standard InChI is InChI=1S/C23H25N.C9H8N2/c1-2-5-18-16(4-1)8-9-23-20-7-3-6-19(17-12-14-24-15-13-17)21(20)10-11-22(18)23;1-2-4-9-8(3-1)5-6-10-7-11-9/h1-2,4-5,8,10-11,17,24H,3,6-7,9,12-15H2;1-7H,(H,10,11). The van der Waals surface area contributed by atoms with Crippen molar-refractivity contribution in [1.29, 1.82) is 0 Å². The van der Waals surface area contributed by atoms with Crippen molar-refractivity contribution < 1.29 is 0 Å². The van der Waals surface area contributed by atoms with Gasteiger partial charge in [-0.2, -0.15) is 0 Å². The van der Waals surface area contributed by atoms with Gasteiger partial charge >= 0.3 is 0 Å². The molecule has 0 aromatic heterocycles. The van der Waals surface area contributed by atoms with Crippen molar-refractivity contribution in [3.63, 3.8) is 0 Å². The highest BCUT2D eigenvalue weighted by atomic mass is 14.9. The molecule has 2 N–H and O–H groups in total. The largest absolute Gasteiger partial charge is 0.346 e. The summed E-state index contributed by atoms with van der Waals surface area (Å²) in [7, 11) is 0. The monoisotopic (exact) mass is 459 g/mol. The van der Waals surface area contributed by atoms with Crippen LogP contribution in [-0.4, -0.2) is 19.4 Å². The van der Waals surface area contributed by atoms with Gasteiger partial charge in [-0.15, -0.1) is 0 Å². The quantitative estimate of drug-likeness (QED) is 0.543. The molecule has 3 aromatic carbocycles. The number of fused-ring (bicyclic) bond motifs is 5. The van der Waals surface area contributed by atoms with E-state index in [9.17, 15) is 0 Å². The Bertz CT molecular complexity index is 1510. The van der Waals surface area contributed by atoms with E-state index in [1.165, 1.54) is 66.4 Å². The van der Waals surface area contributed by atoms with Crippen molar-refractivity contribution in [2.45, 2.75) is 38.5 Å². The van der Waals surface area contributed by atoms with Gasteiger partial charge in [0.25, 0.3) is 0 Å². The third kappa shape index (κ3) is 4.49. The number of anilines is 1. The summed E-state index contributed by atoms with van der Waals surface area (Å²) >= 11 is 0. The highest BCUT2D eigenvalue weighted by Gasteiger charge is 2.22. The number of nitrogens with zero attached hydrogens (tertiary/aromatic N) is 1. The van der Waals surface area contributed by atoms with Crippen LogP contribution in [0.3, 0.4) is 0 Å². The van der Waals surface area contributed by atoms with Crippen LogP contribution < -0.4 is 21.1 Å². The predicted octanol–water partition coefficient (Wildman–Crippen LogP) is 4.91. The Balaban J connectivity index is 0.000000174. The Hall–Kier alpha value is -3.43. The second-order valence-corrected chi connectivity index (χ2v) is 9.84. The highest BCUT2D eigenvalue weighted by molar-refractivity contribution is 5.83. The fourth-order valence-electron chi connectivity index (χ4n) is 6.13. The molecule has 1 saturated heterocycles. The molecule has 0 radical (unpaired) electrons. The summed E-state index contributed by atoms with van der Waals surface area (Å²) in [6.45, 7) is 2.38. The van der Waals surface area contributed by atoms with Crippen LogP contribution in [0.25, 0.3) is 17.7 Å². The Labute approximate surface area is 207 Å². The molecule has 0 unspecified atom stereocenters. The topological polar surface area (TPSA) is 36.4 Å². The van der Waals surface area contributed by atoms with E-state index < -0.39 is 0 Å². The molecule has 3 heteroatoms. The normalized spacial score (nSPS) is 17.9. The maximum atomic E-state index is 3.97. The summed E-state index contributed by atoms with van der Waals surface area (Å²) in [6.07, 6.45) is 15.5. The van der Waals surface area contributed by atoms with Crippen LogP contribution in [0.2, 0.25) is 0 Å². The average Bonchev–Trinajstić information content (AvgIpc) is 3.19. The number of rotatable bonds is 1. The minimum absolute atomic E-state index is 0.809. The van der Waals surface area contributed by atoms with Crippen LogP contribution in [0.5, 0.6) is 0 Å². The predicted molar refractivity (Wildman–Crippen MR) is 148 cm³/mol. The molecular weight excluding hydrogens is 426 g/mol. The summed E-state index contributed by atoms with van der Waals surface area (Å²) in [5.74, 6) is 0.809. The number of para-hydroxylation sites is 1. The maximum absolute atomic E-state index is 3.97. The van der Waals surface area contributed by atoms with Gasteiger partial charge in [0.1, 0.15) is 0 Å². The lowest BCUT2D eigenvalue weighted by molar-refractivity contribution is 0.435. The minimum atomic E-state index is 0.809. The molecule has 35 heavy (non-hydrogen) atoms. The molecule has 176 valence electrons. The number of hydrogen-bond donors (Lipinski definition) is 2. The Morgan fingerprint density at radius 1 is 0.771 bits per heavy atom. The van der Waals surface area contributed by atoms with E-state index in [0.717, 1.165) is 18.0 Å². The number of hydrogen-bond acceptors (Lipinski definition) is 3. The van der Waals surface area contributed by atoms with Crippen LogP contribution >= 0.6 is 0 Å². The molecule has 0 bridgehead atoms. The zero-order chi connectivity index (χ0) is 23.5. The van der Waals surface area contributed by atoms with Gasteiger partial charge < -0.3 is 10.6 Å². The first kappa shape index (κ1) is 22.1. The summed E-state index contributed by atoms with van der Waals surface area (Å²) in [5, 5.41) is 12.5. The van der Waals surface area contributed by atoms with E-state index >= 15 is 0 Å². The van der Waals surface area contributed by atoms with Crippen molar-refractivity contribution in [3.8, 4) is 0 Å². The Morgan fingerprint density at radius 2 is 1.60 bits per heavy atom. The minimum Gasteiger partial charge on any atom is -0.346 e. The Morgan fingerprint density at radius 3 is 2.54 bits per heavy atom. The van der Waals surface area contributed by atoms with Crippen LogP contribution in [0.1, 0.15) is 42.4 Å². The molecule has 1 fully saturated rings. The third-order valence-corrected chi connectivity index (χ3v) is 7.85. The zero-order valence-electron chi connectivity index (χ0n) is 20.3. The number of aliphatic imine (C=N–C) groups is 1. The Kier molecular flexibility index (Phi) is 6.34. The smallest absolute Gasteiger partial charge is 0.0923 e. The molecule has 0 atom stereocenters. The molecule has 4 aliphatic rings. The van der Waals surface area contributed by atoms with Gasteiger partial charge in [0.2, 0.25) is 0 Å². The molecule has 2 aliphatic carbocycles. The van der Waals surface area contributed by atoms with Gasteiger partial charge in [0.05, 0.1) is 6.34 Å². The summed E-state index contributed by atoms with van der Waals surface area (Å²) in [4.78, 5) is 3.97. The van der Waals surface area contributed by atoms with Crippen LogP contribution in [0, 0.1) is 16.4 Å². The van der Waals surface area contributed by atoms with Crippen LogP contribution in [-0.2, 0) is 12.8 Å². The van der Waals surface area contributed by atoms with Crippen molar-refractivity contribution >= 4 is 29.8 Å².